The number of rotatable bonds is 5. The van der Waals surface area contributed by atoms with Crippen molar-refractivity contribution in [2.45, 2.75) is 26.5 Å². The number of nitrogens with one attached hydrogen (secondary N) is 1. The molecule has 0 saturated heterocycles. The predicted octanol–water partition coefficient (Wildman–Crippen LogP) is 3.92. The van der Waals surface area contributed by atoms with Gasteiger partial charge in [-0.1, -0.05) is 17.7 Å². The number of halogens is 3. The van der Waals surface area contributed by atoms with Gasteiger partial charge in [0.25, 0.3) is 0 Å². The molecule has 2 N–H and O–H groups in total. The van der Waals surface area contributed by atoms with Crippen LogP contribution >= 0.6 is 11.6 Å². The minimum atomic E-state index is -2.99. The summed E-state index contributed by atoms with van der Waals surface area (Å²) in [5, 5.41) is 13.2. The SMILES string of the molecule is Cc1ncnc(NC(C)c2ccc(OC(F)F)c(O)c2)c1Cl. The molecule has 0 amide bonds. The quantitative estimate of drug-likeness (QED) is 0.870. The number of hydrogen-bond donors (Lipinski definition) is 2. The van der Waals surface area contributed by atoms with Crippen LogP contribution in [-0.4, -0.2) is 21.7 Å². The fourth-order valence-electron chi connectivity index (χ4n) is 1.85. The summed E-state index contributed by atoms with van der Waals surface area (Å²) in [7, 11) is 0. The highest BCUT2D eigenvalue weighted by atomic mass is 35.5. The van der Waals surface area contributed by atoms with Crippen LogP contribution in [0.25, 0.3) is 0 Å². The predicted molar refractivity (Wildman–Crippen MR) is 78.6 cm³/mol. The van der Waals surface area contributed by atoms with Crippen molar-refractivity contribution in [2.24, 2.45) is 0 Å². The van der Waals surface area contributed by atoms with Gasteiger partial charge in [-0.05, 0) is 31.5 Å². The largest absolute Gasteiger partial charge is 0.504 e. The third-order valence-electron chi connectivity index (χ3n) is 3.02. The Morgan fingerprint density at radius 3 is 2.68 bits per heavy atom. The maximum atomic E-state index is 12.2. The summed E-state index contributed by atoms with van der Waals surface area (Å²) in [4.78, 5) is 8.01. The van der Waals surface area contributed by atoms with Crippen LogP contribution in [0.3, 0.4) is 0 Å². The first-order valence-corrected chi connectivity index (χ1v) is 6.77. The Labute approximate surface area is 130 Å². The van der Waals surface area contributed by atoms with Gasteiger partial charge in [-0.25, -0.2) is 9.97 Å². The number of nitrogens with zero attached hydrogens (tertiary/aromatic N) is 2. The molecule has 8 heteroatoms. The molecule has 0 bridgehead atoms. The van der Waals surface area contributed by atoms with E-state index in [1.165, 1.54) is 18.5 Å². The molecule has 1 unspecified atom stereocenters. The summed E-state index contributed by atoms with van der Waals surface area (Å²) in [5.41, 5.74) is 1.29. The van der Waals surface area contributed by atoms with E-state index in [-0.39, 0.29) is 17.5 Å². The van der Waals surface area contributed by atoms with Crippen molar-refractivity contribution in [3.63, 3.8) is 0 Å². The molecule has 0 saturated carbocycles. The number of alkyl halides is 2. The van der Waals surface area contributed by atoms with Gasteiger partial charge in [0.05, 0.1) is 11.7 Å². The molecule has 2 rings (SSSR count). The fraction of sp³-hybridized carbons (Fsp3) is 0.286. The molecule has 0 aliphatic rings. The van der Waals surface area contributed by atoms with E-state index in [1.54, 1.807) is 13.0 Å². The van der Waals surface area contributed by atoms with Crippen molar-refractivity contribution in [2.75, 3.05) is 5.32 Å². The molecule has 1 heterocycles. The number of phenolic OH excluding ortho intramolecular Hbond substituents is 1. The van der Waals surface area contributed by atoms with Gasteiger partial charge >= 0.3 is 6.61 Å². The molecule has 22 heavy (non-hydrogen) atoms. The topological polar surface area (TPSA) is 67.3 Å². The lowest BCUT2D eigenvalue weighted by atomic mass is 10.1. The monoisotopic (exact) mass is 329 g/mol. The first-order chi connectivity index (χ1) is 10.4. The highest BCUT2D eigenvalue weighted by Crippen LogP contribution is 2.32. The number of anilines is 1. The summed E-state index contributed by atoms with van der Waals surface area (Å²) >= 11 is 6.10. The van der Waals surface area contributed by atoms with Crippen LogP contribution in [0.5, 0.6) is 11.5 Å². The van der Waals surface area contributed by atoms with Crippen molar-refractivity contribution < 1.29 is 18.6 Å². The molecule has 0 aliphatic heterocycles. The lowest BCUT2D eigenvalue weighted by Gasteiger charge is -2.17. The van der Waals surface area contributed by atoms with E-state index in [4.69, 9.17) is 11.6 Å². The zero-order valence-electron chi connectivity index (χ0n) is 11.8. The van der Waals surface area contributed by atoms with Crippen LogP contribution in [0.4, 0.5) is 14.6 Å². The number of hydrogen-bond acceptors (Lipinski definition) is 5. The van der Waals surface area contributed by atoms with Gasteiger partial charge in [-0.3, -0.25) is 0 Å². The van der Waals surface area contributed by atoms with Crippen molar-refractivity contribution in [3.05, 3.63) is 40.8 Å². The van der Waals surface area contributed by atoms with E-state index in [9.17, 15) is 13.9 Å². The van der Waals surface area contributed by atoms with E-state index < -0.39 is 6.61 Å². The van der Waals surface area contributed by atoms with Gasteiger partial charge in [0.2, 0.25) is 0 Å². The number of benzene rings is 1. The average Bonchev–Trinajstić information content (AvgIpc) is 2.45. The van der Waals surface area contributed by atoms with Gasteiger partial charge in [0.15, 0.2) is 11.5 Å². The molecule has 118 valence electrons. The van der Waals surface area contributed by atoms with Crippen molar-refractivity contribution in [1.82, 2.24) is 9.97 Å². The van der Waals surface area contributed by atoms with E-state index in [2.05, 4.69) is 20.0 Å². The lowest BCUT2D eigenvalue weighted by molar-refractivity contribution is -0.0512. The Morgan fingerprint density at radius 2 is 2.05 bits per heavy atom. The molecule has 0 aliphatic carbocycles. The number of aromatic nitrogens is 2. The molecule has 0 radical (unpaired) electrons. The summed E-state index contributed by atoms with van der Waals surface area (Å²) in [6, 6.07) is 3.93. The lowest BCUT2D eigenvalue weighted by Crippen LogP contribution is -2.09. The third kappa shape index (κ3) is 3.73. The maximum Gasteiger partial charge on any atom is 0.387 e. The molecule has 1 aromatic heterocycles. The van der Waals surface area contributed by atoms with E-state index in [0.717, 1.165) is 0 Å². The van der Waals surface area contributed by atoms with E-state index in [1.807, 2.05) is 6.92 Å². The zero-order chi connectivity index (χ0) is 16.3. The molecular formula is C14H14ClF2N3O2. The molecule has 5 nitrogen and oxygen atoms in total. The van der Waals surface area contributed by atoms with Crippen LogP contribution in [0, 0.1) is 6.92 Å². The minimum absolute atomic E-state index is 0.265. The van der Waals surface area contributed by atoms with Crippen LogP contribution in [0.1, 0.15) is 24.2 Å². The number of ether oxygens (including phenoxy) is 1. The highest BCUT2D eigenvalue weighted by Gasteiger charge is 2.14. The second-order valence-electron chi connectivity index (χ2n) is 4.59. The summed E-state index contributed by atoms with van der Waals surface area (Å²) in [6.07, 6.45) is 1.38. The normalized spacial score (nSPS) is 12.3. The van der Waals surface area contributed by atoms with E-state index in [0.29, 0.717) is 22.1 Å². The average molecular weight is 330 g/mol. The number of phenols is 1. The number of aromatic hydroxyl groups is 1. The fourth-order valence-corrected chi connectivity index (χ4v) is 2.00. The first-order valence-electron chi connectivity index (χ1n) is 6.40. The van der Waals surface area contributed by atoms with Crippen LogP contribution in [0.15, 0.2) is 24.5 Å². The Balaban J connectivity index is 2.17. The van der Waals surface area contributed by atoms with Crippen molar-refractivity contribution >= 4 is 17.4 Å². The Bertz CT molecular complexity index is 671. The minimum Gasteiger partial charge on any atom is -0.504 e. The van der Waals surface area contributed by atoms with Crippen molar-refractivity contribution in [3.8, 4) is 11.5 Å². The molecular weight excluding hydrogens is 316 g/mol. The number of aryl methyl sites for hydroxylation is 1. The van der Waals surface area contributed by atoms with Crippen LogP contribution in [0.2, 0.25) is 5.02 Å². The molecule has 2 aromatic rings. The van der Waals surface area contributed by atoms with Gasteiger partial charge in [0, 0.05) is 0 Å². The maximum absolute atomic E-state index is 12.2. The smallest absolute Gasteiger partial charge is 0.387 e. The summed E-state index contributed by atoms with van der Waals surface area (Å²) in [5.74, 6) is -0.188. The second-order valence-corrected chi connectivity index (χ2v) is 4.97. The van der Waals surface area contributed by atoms with Gasteiger partial charge < -0.3 is 15.2 Å². The Kier molecular flexibility index (Phi) is 4.97. The zero-order valence-corrected chi connectivity index (χ0v) is 12.6. The highest BCUT2D eigenvalue weighted by molar-refractivity contribution is 6.33. The molecule has 1 atom stereocenters. The first kappa shape index (κ1) is 16.2. The van der Waals surface area contributed by atoms with Crippen LogP contribution < -0.4 is 10.1 Å². The Hall–Kier alpha value is -2.15. The Morgan fingerprint density at radius 1 is 1.32 bits per heavy atom. The molecule has 0 fully saturated rings. The van der Waals surface area contributed by atoms with Crippen molar-refractivity contribution in [1.29, 1.82) is 0 Å². The summed E-state index contributed by atoms with van der Waals surface area (Å²) in [6.45, 7) is 0.577. The van der Waals surface area contributed by atoms with Gasteiger partial charge in [-0.2, -0.15) is 8.78 Å². The third-order valence-corrected chi connectivity index (χ3v) is 3.47. The summed E-state index contributed by atoms with van der Waals surface area (Å²) < 4.78 is 28.5. The standard InChI is InChI=1S/C14H14ClF2N3O2/c1-7(20-13-12(15)8(2)18-6-19-13)9-3-4-11(10(21)5-9)22-14(16)17/h3-7,14,21H,1-2H3,(H,18,19,20). The van der Waals surface area contributed by atoms with Crippen LogP contribution in [-0.2, 0) is 0 Å². The van der Waals surface area contributed by atoms with Gasteiger partial charge in [0.1, 0.15) is 17.2 Å². The van der Waals surface area contributed by atoms with Gasteiger partial charge in [-0.15, -0.1) is 0 Å². The second kappa shape index (κ2) is 6.74. The molecule has 1 aromatic carbocycles. The molecule has 0 spiro atoms. The van der Waals surface area contributed by atoms with E-state index >= 15 is 0 Å².